The second-order valence-electron chi connectivity index (χ2n) is 5.77. The van der Waals surface area contributed by atoms with Crippen molar-refractivity contribution in [2.24, 2.45) is 5.41 Å². The first-order chi connectivity index (χ1) is 8.75. The Labute approximate surface area is 114 Å². The van der Waals surface area contributed by atoms with Crippen LogP contribution in [0.2, 0.25) is 0 Å². The smallest absolute Gasteiger partial charge is 0.340 e. The number of hydrogen-bond acceptors (Lipinski definition) is 3. The molecular weight excluding hydrogens is 245 g/mol. The summed E-state index contributed by atoms with van der Waals surface area (Å²) in [4.78, 5) is 11.3. The van der Waals surface area contributed by atoms with Gasteiger partial charge in [0.05, 0.1) is 12.7 Å². The third-order valence-corrected chi connectivity index (χ3v) is 3.35. The lowest BCUT2D eigenvalue weighted by molar-refractivity contribution is 0.0595. The maximum Gasteiger partial charge on any atom is 0.340 e. The molecule has 0 spiro atoms. The van der Waals surface area contributed by atoms with Gasteiger partial charge in [-0.15, -0.1) is 0 Å². The quantitative estimate of drug-likeness (QED) is 0.852. The predicted octanol–water partition coefficient (Wildman–Crippen LogP) is 3.14. The van der Waals surface area contributed by atoms with Crippen LogP contribution in [0.25, 0.3) is 0 Å². The number of carbonyl (C=O) groups is 1. The Balaban J connectivity index is 2.72. The normalized spacial score (nSPS) is 13.2. The molecule has 1 aromatic rings. The Morgan fingerprint density at radius 1 is 1.42 bits per heavy atom. The van der Waals surface area contributed by atoms with E-state index in [-0.39, 0.29) is 11.0 Å². The lowest BCUT2D eigenvalue weighted by atomic mass is 9.88. The van der Waals surface area contributed by atoms with E-state index in [4.69, 9.17) is 0 Å². The van der Waals surface area contributed by atoms with E-state index in [9.17, 15) is 9.18 Å². The molecule has 1 aromatic carbocycles. The lowest BCUT2D eigenvalue weighted by Crippen LogP contribution is -2.37. The molecule has 0 aliphatic heterocycles. The van der Waals surface area contributed by atoms with E-state index >= 15 is 0 Å². The number of halogens is 1. The standard InChI is InChI=1S/C15H22FNO2/c1-10(15(2,3)4)17-9-11-6-7-12(13(16)8-11)14(18)19-5/h6-8,10,17H,9H2,1-5H3. The highest BCUT2D eigenvalue weighted by molar-refractivity contribution is 5.89. The van der Waals surface area contributed by atoms with Crippen molar-refractivity contribution in [2.45, 2.75) is 40.3 Å². The van der Waals surface area contributed by atoms with E-state index in [1.807, 2.05) is 0 Å². The van der Waals surface area contributed by atoms with Crippen molar-refractivity contribution >= 4 is 5.97 Å². The summed E-state index contributed by atoms with van der Waals surface area (Å²) >= 11 is 0. The van der Waals surface area contributed by atoms with Gasteiger partial charge in [-0.25, -0.2) is 9.18 Å². The summed E-state index contributed by atoms with van der Waals surface area (Å²) in [7, 11) is 1.24. The molecule has 3 nitrogen and oxygen atoms in total. The van der Waals surface area contributed by atoms with E-state index < -0.39 is 11.8 Å². The van der Waals surface area contributed by atoms with Crippen LogP contribution in [-0.2, 0) is 11.3 Å². The Hall–Kier alpha value is -1.42. The fourth-order valence-corrected chi connectivity index (χ4v) is 1.52. The molecule has 19 heavy (non-hydrogen) atoms. The van der Waals surface area contributed by atoms with Gasteiger partial charge in [-0.2, -0.15) is 0 Å². The van der Waals surface area contributed by atoms with Crippen LogP contribution >= 0.6 is 0 Å². The third-order valence-electron chi connectivity index (χ3n) is 3.35. The summed E-state index contributed by atoms with van der Waals surface area (Å²) in [5.41, 5.74) is 0.918. The van der Waals surface area contributed by atoms with E-state index in [1.165, 1.54) is 19.2 Å². The van der Waals surface area contributed by atoms with Crippen molar-refractivity contribution in [3.63, 3.8) is 0 Å². The van der Waals surface area contributed by atoms with Crippen LogP contribution in [0, 0.1) is 11.2 Å². The zero-order valence-electron chi connectivity index (χ0n) is 12.2. The molecule has 0 fully saturated rings. The van der Waals surface area contributed by atoms with Crippen molar-refractivity contribution < 1.29 is 13.9 Å². The highest BCUT2D eigenvalue weighted by atomic mass is 19.1. The Bertz CT molecular complexity index is 452. The average Bonchev–Trinajstić information content (AvgIpc) is 2.34. The van der Waals surface area contributed by atoms with E-state index in [1.54, 1.807) is 6.07 Å². The molecule has 0 aliphatic rings. The minimum atomic E-state index is -0.653. The molecule has 0 radical (unpaired) electrons. The second kappa shape index (κ2) is 6.15. The van der Waals surface area contributed by atoms with Gasteiger partial charge in [0.2, 0.25) is 0 Å². The van der Waals surface area contributed by atoms with Gasteiger partial charge in [-0.3, -0.25) is 0 Å². The molecular formula is C15H22FNO2. The topological polar surface area (TPSA) is 38.3 Å². The van der Waals surface area contributed by atoms with Crippen LogP contribution in [0.1, 0.15) is 43.6 Å². The van der Waals surface area contributed by atoms with Gasteiger partial charge in [0, 0.05) is 12.6 Å². The molecule has 0 heterocycles. The molecule has 1 unspecified atom stereocenters. The summed E-state index contributed by atoms with van der Waals surface area (Å²) in [6.45, 7) is 9.10. The molecule has 106 valence electrons. The average molecular weight is 267 g/mol. The molecule has 1 rings (SSSR count). The molecule has 1 atom stereocenters. The Morgan fingerprint density at radius 3 is 2.53 bits per heavy atom. The molecule has 1 N–H and O–H groups in total. The van der Waals surface area contributed by atoms with Crippen molar-refractivity contribution in [1.82, 2.24) is 5.32 Å². The minimum absolute atomic E-state index is 0.0323. The fraction of sp³-hybridized carbons (Fsp3) is 0.533. The van der Waals surface area contributed by atoms with Crippen molar-refractivity contribution in [1.29, 1.82) is 0 Å². The highest BCUT2D eigenvalue weighted by Crippen LogP contribution is 2.19. The number of benzene rings is 1. The lowest BCUT2D eigenvalue weighted by Gasteiger charge is -2.28. The first-order valence-corrected chi connectivity index (χ1v) is 6.36. The Morgan fingerprint density at radius 2 is 2.05 bits per heavy atom. The summed E-state index contributed by atoms with van der Waals surface area (Å²) in [6, 6.07) is 4.86. The zero-order chi connectivity index (χ0) is 14.6. The van der Waals surface area contributed by atoms with Gasteiger partial charge in [0.1, 0.15) is 5.82 Å². The molecule has 0 aliphatic carbocycles. The number of rotatable bonds is 4. The van der Waals surface area contributed by atoms with Crippen molar-refractivity contribution in [2.75, 3.05) is 7.11 Å². The number of hydrogen-bond donors (Lipinski definition) is 1. The largest absolute Gasteiger partial charge is 0.465 e. The van der Waals surface area contributed by atoms with Gasteiger partial charge in [0.25, 0.3) is 0 Å². The number of carbonyl (C=O) groups excluding carboxylic acids is 1. The maximum atomic E-state index is 13.7. The number of esters is 1. The summed E-state index contributed by atoms with van der Waals surface area (Å²) in [5.74, 6) is -1.20. The predicted molar refractivity (Wildman–Crippen MR) is 73.5 cm³/mol. The van der Waals surface area contributed by atoms with Crippen molar-refractivity contribution in [3.05, 3.63) is 35.1 Å². The molecule has 0 saturated carbocycles. The SMILES string of the molecule is COC(=O)c1ccc(CNC(C)C(C)(C)C)cc1F. The third kappa shape index (κ3) is 4.31. The van der Waals surface area contributed by atoms with Gasteiger partial charge in [-0.1, -0.05) is 26.8 Å². The first-order valence-electron chi connectivity index (χ1n) is 6.36. The summed E-state index contributed by atoms with van der Waals surface area (Å²) in [6.07, 6.45) is 0. The minimum Gasteiger partial charge on any atom is -0.465 e. The van der Waals surface area contributed by atoms with Crippen LogP contribution in [0.15, 0.2) is 18.2 Å². The van der Waals surface area contributed by atoms with Crippen LogP contribution in [0.3, 0.4) is 0 Å². The van der Waals surface area contributed by atoms with Gasteiger partial charge >= 0.3 is 5.97 Å². The molecule has 0 saturated heterocycles. The van der Waals surface area contributed by atoms with Gasteiger partial charge in [0.15, 0.2) is 0 Å². The van der Waals surface area contributed by atoms with E-state index in [0.29, 0.717) is 12.6 Å². The van der Waals surface area contributed by atoms with Crippen molar-refractivity contribution in [3.8, 4) is 0 Å². The Kier molecular flexibility index (Phi) is 5.06. The summed E-state index contributed by atoms with van der Waals surface area (Å²) < 4.78 is 18.2. The molecule has 0 aromatic heterocycles. The van der Waals surface area contributed by atoms with Gasteiger partial charge < -0.3 is 10.1 Å². The van der Waals surface area contributed by atoms with Crippen LogP contribution in [0.4, 0.5) is 4.39 Å². The number of nitrogens with one attached hydrogen (secondary N) is 1. The van der Waals surface area contributed by atoms with E-state index in [2.05, 4.69) is 37.7 Å². The molecule has 0 bridgehead atoms. The monoisotopic (exact) mass is 267 g/mol. The maximum absolute atomic E-state index is 13.7. The second-order valence-corrected chi connectivity index (χ2v) is 5.77. The first kappa shape index (κ1) is 15.6. The number of ether oxygens (including phenoxy) is 1. The summed E-state index contributed by atoms with van der Waals surface area (Å²) in [5, 5.41) is 3.35. The number of methoxy groups -OCH3 is 1. The van der Waals surface area contributed by atoms with Gasteiger partial charge in [-0.05, 0) is 30.0 Å². The molecule has 0 amide bonds. The van der Waals surface area contributed by atoms with E-state index in [0.717, 1.165) is 5.56 Å². The fourth-order valence-electron chi connectivity index (χ4n) is 1.52. The van der Waals surface area contributed by atoms with Crippen LogP contribution in [0.5, 0.6) is 0 Å². The zero-order valence-corrected chi connectivity index (χ0v) is 12.2. The van der Waals surface area contributed by atoms with Crippen LogP contribution < -0.4 is 5.32 Å². The highest BCUT2D eigenvalue weighted by Gasteiger charge is 2.19. The molecule has 4 heteroatoms. The van der Waals surface area contributed by atoms with Crippen LogP contribution in [-0.4, -0.2) is 19.1 Å².